The van der Waals surface area contributed by atoms with E-state index in [-0.39, 0.29) is 23.3 Å². The number of fused-ring (bicyclic) bond motifs is 1. The molecule has 8 heteroatoms. The standard InChI is InChI=1S/C27H25FN4O3/c1-16(2)15-32-25(17-5-4-10-30-14-17)24(21-8-7-20(35-3)12-22(21)27(32)34)26(33)31-19-6-9-23(28)18(11-19)13-29/h4-12,14,16,24-25H,15H2,1-3H3,(H,31,33)/t24-,25+/m1/s1. The molecule has 2 aromatic carbocycles. The molecular weight excluding hydrogens is 447 g/mol. The Balaban J connectivity index is 1.86. The average Bonchev–Trinajstić information content (AvgIpc) is 2.86. The average molecular weight is 473 g/mol. The Morgan fingerprint density at radius 1 is 1.26 bits per heavy atom. The molecule has 1 aromatic heterocycles. The fraction of sp³-hybridized carbons (Fsp3) is 0.259. The highest BCUT2D eigenvalue weighted by atomic mass is 19.1. The van der Waals surface area contributed by atoms with Crippen molar-refractivity contribution in [2.45, 2.75) is 25.8 Å². The van der Waals surface area contributed by atoms with Crippen molar-refractivity contribution in [1.82, 2.24) is 9.88 Å². The van der Waals surface area contributed by atoms with Crippen LogP contribution in [0.1, 0.15) is 52.9 Å². The van der Waals surface area contributed by atoms with Crippen molar-refractivity contribution in [1.29, 1.82) is 5.26 Å². The molecule has 3 aromatic rings. The Bertz CT molecular complexity index is 1300. The summed E-state index contributed by atoms with van der Waals surface area (Å²) in [6, 6.07) is 13.7. The molecular formula is C27H25FN4O3. The quantitative estimate of drug-likeness (QED) is 0.562. The number of anilines is 1. The van der Waals surface area contributed by atoms with Gasteiger partial charge in [-0.15, -0.1) is 0 Å². The maximum absolute atomic E-state index is 13.8. The number of amides is 2. The zero-order valence-electron chi connectivity index (χ0n) is 19.7. The number of nitriles is 1. The van der Waals surface area contributed by atoms with Crippen LogP contribution >= 0.6 is 0 Å². The lowest BCUT2D eigenvalue weighted by Crippen LogP contribution is -2.47. The Kier molecular flexibility index (Phi) is 6.78. The van der Waals surface area contributed by atoms with Crippen LogP contribution in [0.3, 0.4) is 0 Å². The van der Waals surface area contributed by atoms with Gasteiger partial charge >= 0.3 is 0 Å². The van der Waals surface area contributed by atoms with E-state index in [1.807, 2.05) is 19.9 Å². The summed E-state index contributed by atoms with van der Waals surface area (Å²) in [4.78, 5) is 33.4. The van der Waals surface area contributed by atoms with Gasteiger partial charge in [0.2, 0.25) is 5.91 Å². The number of nitrogens with one attached hydrogen (secondary N) is 1. The minimum Gasteiger partial charge on any atom is -0.497 e. The molecule has 0 aliphatic carbocycles. The summed E-state index contributed by atoms with van der Waals surface area (Å²) in [6.07, 6.45) is 3.29. The van der Waals surface area contributed by atoms with E-state index in [0.717, 1.165) is 11.6 Å². The van der Waals surface area contributed by atoms with Crippen molar-refractivity contribution in [3.05, 3.63) is 89.0 Å². The molecule has 0 saturated heterocycles. The number of carbonyl (C=O) groups is 2. The third-order valence-electron chi connectivity index (χ3n) is 5.96. The number of halogens is 1. The maximum atomic E-state index is 13.8. The van der Waals surface area contributed by atoms with Crippen LogP contribution in [0.15, 0.2) is 60.9 Å². The number of methoxy groups -OCH3 is 1. The second kappa shape index (κ2) is 9.94. The highest BCUT2D eigenvalue weighted by Gasteiger charge is 2.44. The molecule has 4 rings (SSSR count). The van der Waals surface area contributed by atoms with Gasteiger partial charge in [-0.2, -0.15) is 5.26 Å². The number of hydrogen-bond donors (Lipinski definition) is 1. The van der Waals surface area contributed by atoms with E-state index < -0.39 is 17.8 Å². The summed E-state index contributed by atoms with van der Waals surface area (Å²) in [5.41, 5.74) is 1.80. The number of ether oxygens (including phenoxy) is 1. The number of aromatic nitrogens is 1. The Hall–Kier alpha value is -4.25. The highest BCUT2D eigenvalue weighted by Crippen LogP contribution is 2.44. The van der Waals surface area contributed by atoms with Crippen molar-refractivity contribution in [2.24, 2.45) is 5.92 Å². The van der Waals surface area contributed by atoms with E-state index in [1.165, 1.54) is 19.2 Å². The molecule has 0 unspecified atom stereocenters. The first-order valence-electron chi connectivity index (χ1n) is 11.2. The van der Waals surface area contributed by atoms with Crippen LogP contribution in [0.25, 0.3) is 0 Å². The van der Waals surface area contributed by atoms with E-state index in [9.17, 15) is 19.2 Å². The molecule has 2 atom stereocenters. The summed E-state index contributed by atoms with van der Waals surface area (Å²) in [7, 11) is 1.52. The van der Waals surface area contributed by atoms with Gasteiger partial charge in [0.25, 0.3) is 5.91 Å². The second-order valence-electron chi connectivity index (χ2n) is 8.81. The van der Waals surface area contributed by atoms with E-state index in [4.69, 9.17) is 4.74 Å². The van der Waals surface area contributed by atoms with Crippen LogP contribution in [-0.4, -0.2) is 35.4 Å². The van der Waals surface area contributed by atoms with E-state index in [2.05, 4.69) is 10.3 Å². The van der Waals surface area contributed by atoms with Crippen molar-refractivity contribution in [3.8, 4) is 11.8 Å². The third-order valence-corrected chi connectivity index (χ3v) is 5.96. The van der Waals surface area contributed by atoms with E-state index in [1.54, 1.807) is 47.6 Å². The molecule has 0 radical (unpaired) electrons. The van der Waals surface area contributed by atoms with Crippen molar-refractivity contribution in [2.75, 3.05) is 19.0 Å². The molecule has 1 aliphatic rings. The van der Waals surface area contributed by atoms with Gasteiger partial charge in [-0.1, -0.05) is 26.0 Å². The number of rotatable bonds is 6. The molecule has 178 valence electrons. The summed E-state index contributed by atoms with van der Waals surface area (Å²) < 4.78 is 19.2. The smallest absolute Gasteiger partial charge is 0.254 e. The summed E-state index contributed by atoms with van der Waals surface area (Å²) in [5.74, 6) is -1.38. The lowest BCUT2D eigenvalue weighted by atomic mass is 9.79. The van der Waals surface area contributed by atoms with Crippen molar-refractivity contribution >= 4 is 17.5 Å². The molecule has 2 amide bonds. The summed E-state index contributed by atoms with van der Waals surface area (Å²) >= 11 is 0. The number of benzene rings is 2. The van der Waals surface area contributed by atoms with E-state index >= 15 is 0 Å². The molecule has 1 aliphatic heterocycles. The molecule has 2 heterocycles. The first-order chi connectivity index (χ1) is 16.8. The molecule has 0 bridgehead atoms. The Morgan fingerprint density at radius 2 is 2.06 bits per heavy atom. The van der Waals surface area contributed by atoms with Gasteiger partial charge in [-0.25, -0.2) is 4.39 Å². The first-order valence-corrected chi connectivity index (χ1v) is 11.2. The lowest BCUT2D eigenvalue weighted by molar-refractivity contribution is -0.119. The Labute approximate surface area is 203 Å². The van der Waals surface area contributed by atoms with Crippen LogP contribution < -0.4 is 10.1 Å². The highest BCUT2D eigenvalue weighted by molar-refractivity contribution is 6.04. The molecule has 35 heavy (non-hydrogen) atoms. The fourth-order valence-corrected chi connectivity index (χ4v) is 4.46. The summed E-state index contributed by atoms with van der Waals surface area (Å²) in [6.45, 7) is 4.44. The first kappa shape index (κ1) is 23.9. The van der Waals surface area contributed by atoms with Crippen molar-refractivity contribution < 1.29 is 18.7 Å². The van der Waals surface area contributed by atoms with Gasteiger partial charge in [-0.3, -0.25) is 14.6 Å². The van der Waals surface area contributed by atoms with Crippen LogP contribution in [0.2, 0.25) is 0 Å². The zero-order valence-corrected chi connectivity index (χ0v) is 19.7. The molecule has 0 saturated carbocycles. The summed E-state index contributed by atoms with van der Waals surface area (Å²) in [5, 5.41) is 12.0. The lowest BCUT2D eigenvalue weighted by Gasteiger charge is -2.42. The molecule has 0 spiro atoms. The van der Waals surface area contributed by atoms with Gasteiger partial charge in [0, 0.05) is 30.2 Å². The minimum atomic E-state index is -0.785. The predicted octanol–water partition coefficient (Wildman–Crippen LogP) is 4.68. The molecule has 7 nitrogen and oxygen atoms in total. The second-order valence-corrected chi connectivity index (χ2v) is 8.81. The van der Waals surface area contributed by atoms with Crippen LogP contribution in [-0.2, 0) is 4.79 Å². The van der Waals surface area contributed by atoms with E-state index in [0.29, 0.717) is 29.1 Å². The minimum absolute atomic E-state index is 0.143. The Morgan fingerprint density at radius 3 is 2.71 bits per heavy atom. The third kappa shape index (κ3) is 4.71. The monoisotopic (exact) mass is 472 g/mol. The fourth-order valence-electron chi connectivity index (χ4n) is 4.46. The van der Waals surface area contributed by atoms with Gasteiger partial charge in [0.05, 0.1) is 24.6 Å². The number of hydrogen-bond acceptors (Lipinski definition) is 5. The molecule has 1 N–H and O–H groups in total. The largest absolute Gasteiger partial charge is 0.497 e. The topological polar surface area (TPSA) is 95.3 Å². The van der Waals surface area contributed by atoms with Gasteiger partial charge in [0.1, 0.15) is 17.6 Å². The van der Waals surface area contributed by atoms with Crippen LogP contribution in [0.5, 0.6) is 5.75 Å². The van der Waals surface area contributed by atoms with Crippen LogP contribution in [0.4, 0.5) is 10.1 Å². The van der Waals surface area contributed by atoms with Gasteiger partial charge in [0.15, 0.2) is 0 Å². The SMILES string of the molecule is COc1ccc2c(c1)C(=O)N(CC(C)C)[C@@H](c1cccnc1)[C@@H]2C(=O)Nc1ccc(F)c(C#N)c1. The maximum Gasteiger partial charge on any atom is 0.254 e. The normalized spacial score (nSPS) is 17.0. The number of carbonyl (C=O) groups excluding carboxylic acids is 2. The number of nitrogens with zero attached hydrogens (tertiary/aromatic N) is 3. The zero-order chi connectivity index (χ0) is 25.1. The molecule has 0 fully saturated rings. The van der Waals surface area contributed by atoms with Crippen LogP contribution in [0, 0.1) is 23.1 Å². The van der Waals surface area contributed by atoms with Gasteiger partial charge in [-0.05, 0) is 53.4 Å². The number of pyridine rings is 1. The van der Waals surface area contributed by atoms with Crippen molar-refractivity contribution in [3.63, 3.8) is 0 Å². The predicted molar refractivity (Wildman–Crippen MR) is 128 cm³/mol. The van der Waals surface area contributed by atoms with Gasteiger partial charge < -0.3 is 15.0 Å².